The van der Waals surface area contributed by atoms with Gasteiger partial charge in [0.2, 0.25) is 0 Å². The van der Waals surface area contributed by atoms with Gasteiger partial charge in [-0.05, 0) is 44.1 Å². The third kappa shape index (κ3) is 5.90. The van der Waals surface area contributed by atoms with Crippen LogP contribution in [-0.2, 0) is 0 Å². The molecule has 0 aliphatic heterocycles. The molecule has 102 valence electrons. The van der Waals surface area contributed by atoms with E-state index in [1.807, 2.05) is 0 Å². The Hall–Kier alpha value is -0.0400. The van der Waals surface area contributed by atoms with E-state index >= 15 is 0 Å². The third-order valence-corrected chi connectivity index (χ3v) is 4.40. The summed E-state index contributed by atoms with van der Waals surface area (Å²) in [6.07, 6.45) is 14.1. The van der Waals surface area contributed by atoms with Crippen molar-refractivity contribution < 1.29 is 0 Å². The zero-order valence-electron chi connectivity index (χ0n) is 12.4. The normalized spacial score (nSPS) is 28.8. The molecule has 0 bridgehead atoms. The van der Waals surface area contributed by atoms with Gasteiger partial charge in [-0.1, -0.05) is 52.9 Å². The van der Waals surface area contributed by atoms with Gasteiger partial charge in [-0.3, -0.25) is 0 Å². The highest BCUT2D eigenvalue weighted by molar-refractivity contribution is 4.89. The van der Waals surface area contributed by atoms with Gasteiger partial charge in [0.25, 0.3) is 0 Å². The summed E-state index contributed by atoms with van der Waals surface area (Å²) in [5, 5.41) is 3.70. The maximum Gasteiger partial charge on any atom is 0.00724 e. The number of hydrogen-bond donors (Lipinski definition) is 1. The predicted octanol–water partition coefficient (Wildman–Crippen LogP) is 4.91. The molecule has 17 heavy (non-hydrogen) atoms. The molecule has 1 rings (SSSR count). The van der Waals surface area contributed by atoms with Crippen LogP contribution in [0.5, 0.6) is 0 Å². The molecule has 1 aliphatic rings. The van der Waals surface area contributed by atoms with Crippen LogP contribution in [-0.4, -0.2) is 12.6 Å². The van der Waals surface area contributed by atoms with Crippen molar-refractivity contribution in [3.05, 3.63) is 0 Å². The fourth-order valence-corrected chi connectivity index (χ4v) is 3.23. The van der Waals surface area contributed by atoms with Crippen LogP contribution in [0.2, 0.25) is 0 Å². The molecule has 0 amide bonds. The maximum atomic E-state index is 3.70. The lowest BCUT2D eigenvalue weighted by Gasteiger charge is -2.24. The standard InChI is InChI=1S/C16H33N/c1-4-6-7-8-9-11-16(3)12-10-15(14-16)17-13-5-2/h15,17H,4-14H2,1-3H3. The van der Waals surface area contributed by atoms with Crippen LogP contribution >= 0.6 is 0 Å². The Kier molecular flexibility index (Phi) is 7.18. The molecule has 0 aromatic rings. The van der Waals surface area contributed by atoms with Crippen molar-refractivity contribution in [2.75, 3.05) is 6.54 Å². The molecule has 2 atom stereocenters. The molecule has 0 heterocycles. The van der Waals surface area contributed by atoms with Gasteiger partial charge in [0, 0.05) is 6.04 Å². The monoisotopic (exact) mass is 239 g/mol. The SMILES string of the molecule is CCCCCCCC1(C)CCC(NCCC)C1. The number of unbranched alkanes of at least 4 members (excludes halogenated alkanes) is 4. The second-order valence-electron chi connectivity index (χ2n) is 6.37. The summed E-state index contributed by atoms with van der Waals surface area (Å²) in [6.45, 7) is 8.27. The summed E-state index contributed by atoms with van der Waals surface area (Å²) in [4.78, 5) is 0. The molecule has 1 aliphatic carbocycles. The molecular weight excluding hydrogens is 206 g/mol. The second kappa shape index (κ2) is 8.13. The average Bonchev–Trinajstić information content (AvgIpc) is 2.69. The first-order valence-electron chi connectivity index (χ1n) is 7.93. The van der Waals surface area contributed by atoms with E-state index in [-0.39, 0.29) is 0 Å². The molecule has 0 aromatic carbocycles. The van der Waals surface area contributed by atoms with E-state index < -0.39 is 0 Å². The topological polar surface area (TPSA) is 12.0 Å². The fourth-order valence-electron chi connectivity index (χ4n) is 3.23. The highest BCUT2D eigenvalue weighted by Gasteiger charge is 2.33. The summed E-state index contributed by atoms with van der Waals surface area (Å²) in [5.41, 5.74) is 0.650. The second-order valence-corrected chi connectivity index (χ2v) is 6.37. The quantitative estimate of drug-likeness (QED) is 0.564. The molecular formula is C16H33N. The molecule has 1 saturated carbocycles. The van der Waals surface area contributed by atoms with Crippen molar-refractivity contribution >= 4 is 0 Å². The minimum atomic E-state index is 0.650. The van der Waals surface area contributed by atoms with Crippen molar-refractivity contribution in [3.8, 4) is 0 Å². The molecule has 0 aromatic heterocycles. The highest BCUT2D eigenvalue weighted by atomic mass is 14.9. The summed E-state index contributed by atoms with van der Waals surface area (Å²) >= 11 is 0. The van der Waals surface area contributed by atoms with Crippen LogP contribution < -0.4 is 5.32 Å². The van der Waals surface area contributed by atoms with Crippen LogP contribution in [0.4, 0.5) is 0 Å². The highest BCUT2D eigenvalue weighted by Crippen LogP contribution is 2.42. The number of rotatable bonds is 9. The zero-order valence-corrected chi connectivity index (χ0v) is 12.4. The minimum Gasteiger partial charge on any atom is -0.314 e. The Morgan fingerprint density at radius 2 is 1.82 bits per heavy atom. The number of nitrogens with one attached hydrogen (secondary N) is 1. The van der Waals surface area contributed by atoms with E-state index in [1.165, 1.54) is 70.8 Å². The first kappa shape index (κ1) is 15.0. The van der Waals surface area contributed by atoms with Crippen LogP contribution in [0.25, 0.3) is 0 Å². The van der Waals surface area contributed by atoms with E-state index in [4.69, 9.17) is 0 Å². The van der Waals surface area contributed by atoms with Gasteiger partial charge in [0.15, 0.2) is 0 Å². The molecule has 2 unspecified atom stereocenters. The third-order valence-electron chi connectivity index (χ3n) is 4.40. The van der Waals surface area contributed by atoms with Crippen molar-refractivity contribution in [3.63, 3.8) is 0 Å². The first-order chi connectivity index (χ1) is 8.20. The number of hydrogen-bond acceptors (Lipinski definition) is 1. The van der Waals surface area contributed by atoms with E-state index in [2.05, 4.69) is 26.1 Å². The fraction of sp³-hybridized carbons (Fsp3) is 1.00. The Morgan fingerprint density at radius 3 is 2.53 bits per heavy atom. The van der Waals surface area contributed by atoms with Gasteiger partial charge in [0.1, 0.15) is 0 Å². The zero-order chi connectivity index (χ0) is 12.6. The first-order valence-corrected chi connectivity index (χ1v) is 7.93. The van der Waals surface area contributed by atoms with Gasteiger partial charge < -0.3 is 5.32 Å². The molecule has 1 fully saturated rings. The van der Waals surface area contributed by atoms with Crippen LogP contribution in [0.3, 0.4) is 0 Å². The lowest BCUT2D eigenvalue weighted by Crippen LogP contribution is -2.28. The summed E-state index contributed by atoms with van der Waals surface area (Å²) in [7, 11) is 0. The largest absolute Gasteiger partial charge is 0.314 e. The smallest absolute Gasteiger partial charge is 0.00724 e. The van der Waals surface area contributed by atoms with Crippen LogP contribution in [0, 0.1) is 5.41 Å². The lowest BCUT2D eigenvalue weighted by molar-refractivity contribution is 0.285. The van der Waals surface area contributed by atoms with E-state index in [0.717, 1.165) is 6.04 Å². The summed E-state index contributed by atoms with van der Waals surface area (Å²) in [6, 6.07) is 0.815. The molecule has 0 radical (unpaired) electrons. The molecule has 1 nitrogen and oxygen atoms in total. The Labute approximate surface area is 109 Å². The van der Waals surface area contributed by atoms with Crippen LogP contribution in [0.15, 0.2) is 0 Å². The van der Waals surface area contributed by atoms with Crippen molar-refractivity contribution in [1.82, 2.24) is 5.32 Å². The predicted molar refractivity (Wildman–Crippen MR) is 77.4 cm³/mol. The summed E-state index contributed by atoms with van der Waals surface area (Å²) < 4.78 is 0. The Bertz CT molecular complexity index is 190. The van der Waals surface area contributed by atoms with E-state index in [9.17, 15) is 0 Å². The molecule has 1 heteroatoms. The van der Waals surface area contributed by atoms with E-state index in [0.29, 0.717) is 5.41 Å². The van der Waals surface area contributed by atoms with Crippen LogP contribution in [0.1, 0.15) is 85.0 Å². The van der Waals surface area contributed by atoms with Gasteiger partial charge in [-0.2, -0.15) is 0 Å². The van der Waals surface area contributed by atoms with Crippen molar-refractivity contribution in [2.24, 2.45) is 5.41 Å². The average molecular weight is 239 g/mol. The molecule has 0 saturated heterocycles. The van der Waals surface area contributed by atoms with E-state index in [1.54, 1.807) is 0 Å². The van der Waals surface area contributed by atoms with Gasteiger partial charge >= 0.3 is 0 Å². The summed E-state index contributed by atoms with van der Waals surface area (Å²) in [5.74, 6) is 0. The minimum absolute atomic E-state index is 0.650. The molecule has 1 N–H and O–H groups in total. The van der Waals surface area contributed by atoms with Gasteiger partial charge in [-0.15, -0.1) is 0 Å². The van der Waals surface area contributed by atoms with Gasteiger partial charge in [-0.25, -0.2) is 0 Å². The maximum absolute atomic E-state index is 3.70. The Balaban J connectivity index is 2.11. The van der Waals surface area contributed by atoms with Crippen molar-refractivity contribution in [2.45, 2.75) is 91.0 Å². The van der Waals surface area contributed by atoms with Gasteiger partial charge in [0.05, 0.1) is 0 Å². The molecule has 0 spiro atoms. The Morgan fingerprint density at radius 1 is 1.06 bits per heavy atom. The lowest BCUT2D eigenvalue weighted by atomic mass is 9.83. The van der Waals surface area contributed by atoms with Crippen molar-refractivity contribution in [1.29, 1.82) is 0 Å².